The topological polar surface area (TPSA) is 23.8 Å². The molecular weight excluding hydrogens is 153 g/mol. The maximum atomic E-state index is 12.4. The van der Waals surface area contributed by atoms with Crippen LogP contribution in [0.15, 0.2) is 22.5 Å². The van der Waals surface area contributed by atoms with Crippen molar-refractivity contribution >= 4 is 11.6 Å². The average molecular weight is 158 g/mol. The van der Waals surface area contributed by atoms with Crippen LogP contribution >= 0.6 is 11.6 Å². The zero-order valence-corrected chi connectivity index (χ0v) is 5.95. The average Bonchev–Trinajstić information content (AvgIpc) is 1.88. The minimum atomic E-state index is -0.246. The zero-order valence-electron chi connectivity index (χ0n) is 5.19. The number of nitriles is 1. The van der Waals surface area contributed by atoms with Gasteiger partial charge in [0.1, 0.15) is 5.83 Å². The van der Waals surface area contributed by atoms with Crippen molar-refractivity contribution in [3.63, 3.8) is 0 Å². The van der Waals surface area contributed by atoms with Gasteiger partial charge in [-0.15, -0.1) is 0 Å². The SMILES string of the molecule is N#CC1=C(Cl)C=C(F)CC1. The van der Waals surface area contributed by atoms with Gasteiger partial charge in [0.05, 0.1) is 11.1 Å². The van der Waals surface area contributed by atoms with Crippen LogP contribution in [0.3, 0.4) is 0 Å². The Balaban J connectivity index is 2.93. The summed E-state index contributed by atoms with van der Waals surface area (Å²) >= 11 is 5.52. The predicted molar refractivity (Wildman–Crippen MR) is 36.9 cm³/mol. The molecule has 0 saturated carbocycles. The lowest BCUT2D eigenvalue weighted by atomic mass is 10.1. The fraction of sp³-hybridized carbons (Fsp3) is 0.286. The lowest BCUT2D eigenvalue weighted by Crippen LogP contribution is -1.90. The lowest BCUT2D eigenvalue weighted by Gasteiger charge is -2.04. The Kier molecular flexibility index (Phi) is 2.08. The molecule has 0 spiro atoms. The zero-order chi connectivity index (χ0) is 7.56. The van der Waals surface area contributed by atoms with Crippen molar-refractivity contribution in [1.29, 1.82) is 5.26 Å². The summed E-state index contributed by atoms with van der Waals surface area (Å²) in [4.78, 5) is 0. The minimum Gasteiger partial charge on any atom is -0.212 e. The van der Waals surface area contributed by atoms with Gasteiger partial charge < -0.3 is 0 Å². The molecule has 3 heteroatoms. The minimum absolute atomic E-state index is 0.242. The maximum absolute atomic E-state index is 12.4. The molecule has 0 unspecified atom stereocenters. The van der Waals surface area contributed by atoms with E-state index in [1.165, 1.54) is 6.08 Å². The number of halogens is 2. The Labute approximate surface area is 63.4 Å². The molecule has 0 atom stereocenters. The second kappa shape index (κ2) is 2.85. The summed E-state index contributed by atoms with van der Waals surface area (Å²) in [6, 6.07) is 1.91. The van der Waals surface area contributed by atoms with Crippen molar-refractivity contribution in [3.05, 3.63) is 22.5 Å². The quantitative estimate of drug-likeness (QED) is 0.530. The highest BCUT2D eigenvalue weighted by atomic mass is 35.5. The Morgan fingerprint density at radius 2 is 2.30 bits per heavy atom. The van der Waals surface area contributed by atoms with Gasteiger partial charge in [-0.05, 0) is 12.5 Å². The van der Waals surface area contributed by atoms with Crippen LogP contribution in [-0.4, -0.2) is 0 Å². The molecule has 52 valence electrons. The van der Waals surface area contributed by atoms with Crippen molar-refractivity contribution in [2.45, 2.75) is 12.8 Å². The van der Waals surface area contributed by atoms with Crippen LogP contribution < -0.4 is 0 Å². The molecule has 0 bridgehead atoms. The van der Waals surface area contributed by atoms with E-state index in [0.29, 0.717) is 18.4 Å². The summed E-state index contributed by atoms with van der Waals surface area (Å²) in [5.41, 5.74) is 0.475. The fourth-order valence-corrected chi connectivity index (χ4v) is 1.03. The molecule has 1 aliphatic carbocycles. The van der Waals surface area contributed by atoms with Gasteiger partial charge in [0.25, 0.3) is 0 Å². The fourth-order valence-electron chi connectivity index (χ4n) is 0.770. The third-order valence-electron chi connectivity index (χ3n) is 1.32. The molecule has 0 aromatic carbocycles. The van der Waals surface area contributed by atoms with E-state index < -0.39 is 0 Å². The van der Waals surface area contributed by atoms with E-state index in [9.17, 15) is 4.39 Å². The number of nitrogens with zero attached hydrogens (tertiary/aromatic N) is 1. The molecule has 1 nitrogen and oxygen atoms in total. The summed E-state index contributed by atoms with van der Waals surface area (Å²) in [5, 5.41) is 8.65. The molecule has 0 aliphatic heterocycles. The second-order valence-corrected chi connectivity index (χ2v) is 2.44. The maximum Gasteiger partial charge on any atom is 0.102 e. The van der Waals surface area contributed by atoms with Crippen molar-refractivity contribution in [1.82, 2.24) is 0 Å². The third kappa shape index (κ3) is 1.37. The van der Waals surface area contributed by atoms with Crippen LogP contribution in [-0.2, 0) is 0 Å². The van der Waals surface area contributed by atoms with Gasteiger partial charge in [-0.25, -0.2) is 4.39 Å². The highest BCUT2D eigenvalue weighted by Gasteiger charge is 2.10. The Morgan fingerprint density at radius 3 is 2.80 bits per heavy atom. The van der Waals surface area contributed by atoms with Gasteiger partial charge in [-0.2, -0.15) is 5.26 Å². The van der Waals surface area contributed by atoms with Crippen molar-refractivity contribution < 1.29 is 4.39 Å². The summed E-state index contributed by atoms with van der Waals surface area (Å²) < 4.78 is 12.4. The molecule has 0 amide bonds. The standard InChI is InChI=1S/C7H5ClFN/c8-7-3-6(9)2-1-5(7)4-10/h3H,1-2H2. The molecule has 10 heavy (non-hydrogen) atoms. The molecule has 0 N–H and O–H groups in total. The van der Waals surface area contributed by atoms with E-state index in [1.807, 2.05) is 6.07 Å². The summed E-state index contributed by atoms with van der Waals surface area (Å²) in [7, 11) is 0. The Bertz CT molecular complexity index is 247. The summed E-state index contributed by atoms with van der Waals surface area (Å²) in [6.45, 7) is 0. The van der Waals surface area contributed by atoms with E-state index in [2.05, 4.69) is 0 Å². The molecule has 0 heterocycles. The number of hydrogen-bond acceptors (Lipinski definition) is 1. The summed E-state index contributed by atoms with van der Waals surface area (Å²) in [5.74, 6) is -0.246. The van der Waals surface area contributed by atoms with Crippen molar-refractivity contribution in [2.24, 2.45) is 0 Å². The van der Waals surface area contributed by atoms with E-state index in [4.69, 9.17) is 16.9 Å². The smallest absolute Gasteiger partial charge is 0.102 e. The monoisotopic (exact) mass is 157 g/mol. The highest BCUT2D eigenvalue weighted by Crippen LogP contribution is 2.26. The van der Waals surface area contributed by atoms with Crippen LogP contribution in [0.4, 0.5) is 4.39 Å². The van der Waals surface area contributed by atoms with Crippen LogP contribution in [0.2, 0.25) is 0 Å². The van der Waals surface area contributed by atoms with Gasteiger partial charge in [0.2, 0.25) is 0 Å². The first-order valence-corrected chi connectivity index (χ1v) is 3.26. The molecule has 0 aromatic heterocycles. The lowest BCUT2D eigenvalue weighted by molar-refractivity contribution is 0.583. The van der Waals surface area contributed by atoms with E-state index in [1.54, 1.807) is 0 Å². The van der Waals surface area contributed by atoms with Crippen LogP contribution in [0.25, 0.3) is 0 Å². The molecule has 0 saturated heterocycles. The number of allylic oxidation sites excluding steroid dienone is 4. The molecular formula is C7H5ClFN. The molecule has 1 rings (SSSR count). The van der Waals surface area contributed by atoms with Gasteiger partial charge in [-0.3, -0.25) is 0 Å². The van der Waals surface area contributed by atoms with Gasteiger partial charge in [0, 0.05) is 12.0 Å². The van der Waals surface area contributed by atoms with Crippen molar-refractivity contribution in [3.8, 4) is 6.07 Å². The van der Waals surface area contributed by atoms with Crippen LogP contribution in [0, 0.1) is 11.3 Å². The molecule has 0 aromatic rings. The van der Waals surface area contributed by atoms with E-state index in [-0.39, 0.29) is 10.9 Å². The predicted octanol–water partition coefficient (Wildman–Crippen LogP) is 2.65. The van der Waals surface area contributed by atoms with Crippen LogP contribution in [0.1, 0.15) is 12.8 Å². The molecule has 0 radical (unpaired) electrons. The van der Waals surface area contributed by atoms with Crippen LogP contribution in [0.5, 0.6) is 0 Å². The van der Waals surface area contributed by atoms with E-state index >= 15 is 0 Å². The first-order chi connectivity index (χ1) is 4.74. The van der Waals surface area contributed by atoms with Gasteiger partial charge in [-0.1, -0.05) is 11.6 Å². The molecule has 0 fully saturated rings. The molecule has 1 aliphatic rings. The summed E-state index contributed by atoms with van der Waals surface area (Å²) in [6.07, 6.45) is 1.93. The first kappa shape index (κ1) is 7.30. The van der Waals surface area contributed by atoms with Gasteiger partial charge >= 0.3 is 0 Å². The number of hydrogen-bond donors (Lipinski definition) is 0. The van der Waals surface area contributed by atoms with Gasteiger partial charge in [0.15, 0.2) is 0 Å². The Morgan fingerprint density at radius 1 is 1.60 bits per heavy atom. The largest absolute Gasteiger partial charge is 0.212 e. The second-order valence-electron chi connectivity index (χ2n) is 2.03. The highest BCUT2D eigenvalue weighted by molar-refractivity contribution is 6.32. The third-order valence-corrected chi connectivity index (χ3v) is 1.66. The first-order valence-electron chi connectivity index (χ1n) is 2.89. The van der Waals surface area contributed by atoms with E-state index in [0.717, 1.165) is 0 Å². The normalized spacial score (nSPS) is 18.3. The number of rotatable bonds is 0. The van der Waals surface area contributed by atoms with Crippen molar-refractivity contribution in [2.75, 3.05) is 0 Å². The Hall–Kier alpha value is -0.810.